The number of hydrogen-bond acceptors (Lipinski definition) is 1. The van der Waals surface area contributed by atoms with Crippen molar-refractivity contribution in [3.8, 4) is 11.8 Å². The molecule has 0 aromatic heterocycles. The van der Waals surface area contributed by atoms with E-state index in [1.165, 1.54) is 6.07 Å². The summed E-state index contributed by atoms with van der Waals surface area (Å²) in [5.74, 6) is 5.92. The third-order valence-corrected chi connectivity index (χ3v) is 3.11. The zero-order valence-corrected chi connectivity index (χ0v) is 11.0. The van der Waals surface area contributed by atoms with Gasteiger partial charge in [-0.3, -0.25) is 0 Å². The third-order valence-electron chi connectivity index (χ3n) is 2.26. The molecule has 18 heavy (non-hydrogen) atoms. The first-order valence-electron chi connectivity index (χ1n) is 5.82. The second-order valence-electron chi connectivity index (χ2n) is 3.79. The first-order chi connectivity index (χ1) is 8.53. The summed E-state index contributed by atoms with van der Waals surface area (Å²) in [7, 11) is 0. The number of alkyl halides is 3. The zero-order valence-electron chi connectivity index (χ0n) is 10.2. The highest BCUT2D eigenvalue weighted by molar-refractivity contribution is 8.00. The predicted molar refractivity (Wildman–Crippen MR) is 69.4 cm³/mol. The van der Waals surface area contributed by atoms with E-state index in [0.29, 0.717) is 12.0 Å². The molecule has 0 bridgehead atoms. The highest BCUT2D eigenvalue weighted by Crippen LogP contribution is 2.38. The fourth-order valence-electron chi connectivity index (χ4n) is 1.39. The van der Waals surface area contributed by atoms with Gasteiger partial charge >= 0.3 is 5.51 Å². The Kier molecular flexibility index (Phi) is 6.14. The number of unbranched alkanes of at least 4 members (excludes halogenated alkanes) is 2. The van der Waals surface area contributed by atoms with E-state index in [1.807, 2.05) is 0 Å². The van der Waals surface area contributed by atoms with Crippen molar-refractivity contribution in [3.63, 3.8) is 0 Å². The molecule has 4 heteroatoms. The van der Waals surface area contributed by atoms with Crippen LogP contribution in [0.1, 0.15) is 31.7 Å². The Bertz CT molecular complexity index is 427. The molecular formula is C14H15F3S. The molecule has 0 aliphatic rings. The van der Waals surface area contributed by atoms with Crippen LogP contribution in [0.5, 0.6) is 0 Å². The Balaban J connectivity index is 2.66. The maximum atomic E-state index is 12.3. The highest BCUT2D eigenvalue weighted by Gasteiger charge is 2.29. The number of thioether (sulfide) groups is 1. The first kappa shape index (κ1) is 15.0. The van der Waals surface area contributed by atoms with Crippen molar-refractivity contribution in [2.45, 2.75) is 43.0 Å². The minimum atomic E-state index is -4.24. The summed E-state index contributed by atoms with van der Waals surface area (Å²) in [6.07, 6.45) is 3.30. The van der Waals surface area contributed by atoms with E-state index in [9.17, 15) is 13.2 Å². The molecular weight excluding hydrogens is 257 g/mol. The van der Waals surface area contributed by atoms with Crippen LogP contribution in [0.15, 0.2) is 29.2 Å². The molecule has 0 spiro atoms. The topological polar surface area (TPSA) is 0 Å². The lowest BCUT2D eigenvalue weighted by Crippen LogP contribution is -2.00. The van der Waals surface area contributed by atoms with E-state index in [-0.39, 0.29) is 16.7 Å². The van der Waals surface area contributed by atoms with Crippen molar-refractivity contribution in [3.05, 3.63) is 29.8 Å². The molecule has 0 N–H and O–H groups in total. The smallest absolute Gasteiger partial charge is 0.160 e. The molecule has 0 aliphatic carbocycles. The van der Waals surface area contributed by atoms with Gasteiger partial charge in [0.25, 0.3) is 0 Å². The molecule has 0 atom stereocenters. The second kappa shape index (κ2) is 7.38. The maximum Gasteiger partial charge on any atom is 0.446 e. The zero-order chi connectivity index (χ0) is 13.4. The molecule has 0 heterocycles. The Hall–Kier alpha value is -1.08. The molecule has 0 radical (unpaired) electrons. The molecule has 1 aromatic carbocycles. The lowest BCUT2D eigenvalue weighted by atomic mass is 10.1. The van der Waals surface area contributed by atoms with Crippen molar-refractivity contribution < 1.29 is 13.2 Å². The minimum absolute atomic E-state index is 0.0721. The van der Waals surface area contributed by atoms with Gasteiger partial charge in [0.05, 0.1) is 0 Å². The van der Waals surface area contributed by atoms with Crippen LogP contribution in [0.25, 0.3) is 0 Å². The van der Waals surface area contributed by atoms with Crippen LogP contribution in [0, 0.1) is 11.8 Å². The SMILES string of the molecule is CCCCC#CCc1ccccc1SC(F)(F)F. The lowest BCUT2D eigenvalue weighted by molar-refractivity contribution is -0.0328. The summed E-state index contributed by atoms with van der Waals surface area (Å²) in [6, 6.07) is 6.54. The molecule has 1 aromatic rings. The fourth-order valence-corrected chi connectivity index (χ4v) is 2.05. The molecule has 0 saturated heterocycles. The van der Waals surface area contributed by atoms with Crippen LogP contribution in [0.2, 0.25) is 0 Å². The van der Waals surface area contributed by atoms with Gasteiger partial charge in [-0.15, -0.1) is 5.92 Å². The Morgan fingerprint density at radius 1 is 1.17 bits per heavy atom. The highest BCUT2D eigenvalue weighted by atomic mass is 32.2. The van der Waals surface area contributed by atoms with Gasteiger partial charge in [0.1, 0.15) is 0 Å². The lowest BCUT2D eigenvalue weighted by Gasteiger charge is -2.08. The van der Waals surface area contributed by atoms with Crippen molar-refractivity contribution in [1.29, 1.82) is 0 Å². The van der Waals surface area contributed by atoms with Crippen molar-refractivity contribution in [2.75, 3.05) is 0 Å². The normalized spacial score (nSPS) is 10.9. The predicted octanol–water partition coefficient (Wildman–Crippen LogP) is 5.03. The minimum Gasteiger partial charge on any atom is -0.160 e. The summed E-state index contributed by atoms with van der Waals surface area (Å²) < 4.78 is 37.0. The number of benzene rings is 1. The summed E-state index contributed by atoms with van der Waals surface area (Å²) in [6.45, 7) is 2.08. The number of rotatable bonds is 4. The van der Waals surface area contributed by atoms with Gasteiger partial charge in [-0.25, -0.2) is 0 Å². The summed E-state index contributed by atoms with van der Waals surface area (Å²) >= 11 is -0.0721. The van der Waals surface area contributed by atoms with Crippen LogP contribution in [0.4, 0.5) is 13.2 Å². The van der Waals surface area contributed by atoms with E-state index < -0.39 is 5.51 Å². The Labute approximate surface area is 110 Å². The molecule has 98 valence electrons. The largest absolute Gasteiger partial charge is 0.446 e. The summed E-state index contributed by atoms with van der Waals surface area (Å²) in [5, 5.41) is 0. The summed E-state index contributed by atoms with van der Waals surface area (Å²) in [4.78, 5) is 0.245. The van der Waals surface area contributed by atoms with E-state index in [1.54, 1.807) is 18.2 Å². The van der Waals surface area contributed by atoms with Gasteiger partial charge in [-0.2, -0.15) is 13.2 Å². The summed E-state index contributed by atoms with van der Waals surface area (Å²) in [5.41, 5.74) is -3.60. The van der Waals surface area contributed by atoms with Gasteiger partial charge in [0, 0.05) is 17.7 Å². The van der Waals surface area contributed by atoms with Gasteiger partial charge in [-0.1, -0.05) is 37.5 Å². The standard InChI is InChI=1S/C14H15F3S/c1-2-3-4-5-6-9-12-10-7-8-11-13(12)18-14(15,16)17/h7-8,10-11H,2-4,9H2,1H3. The van der Waals surface area contributed by atoms with Gasteiger partial charge in [0.15, 0.2) is 0 Å². The van der Waals surface area contributed by atoms with Crippen molar-refractivity contribution in [1.82, 2.24) is 0 Å². The molecule has 0 amide bonds. The molecule has 0 aliphatic heterocycles. The van der Waals surface area contributed by atoms with Gasteiger partial charge in [-0.05, 0) is 29.8 Å². The van der Waals surface area contributed by atoms with Crippen LogP contribution in [0.3, 0.4) is 0 Å². The number of halogens is 3. The van der Waals surface area contributed by atoms with E-state index in [4.69, 9.17) is 0 Å². The molecule has 1 rings (SSSR count). The molecule has 0 fully saturated rings. The van der Waals surface area contributed by atoms with E-state index >= 15 is 0 Å². The maximum absolute atomic E-state index is 12.3. The quantitative estimate of drug-likeness (QED) is 0.420. The van der Waals surface area contributed by atoms with Crippen molar-refractivity contribution in [2.24, 2.45) is 0 Å². The van der Waals surface area contributed by atoms with Gasteiger partial charge in [0.2, 0.25) is 0 Å². The average Bonchev–Trinajstić information content (AvgIpc) is 2.29. The number of hydrogen-bond donors (Lipinski definition) is 0. The molecule has 0 saturated carbocycles. The first-order valence-corrected chi connectivity index (χ1v) is 6.64. The fraction of sp³-hybridized carbons (Fsp3) is 0.429. The van der Waals surface area contributed by atoms with Crippen LogP contribution < -0.4 is 0 Å². The molecule has 0 unspecified atom stereocenters. The van der Waals surface area contributed by atoms with Crippen LogP contribution >= 0.6 is 11.8 Å². The monoisotopic (exact) mass is 272 g/mol. The van der Waals surface area contributed by atoms with Gasteiger partial charge < -0.3 is 0 Å². The third kappa shape index (κ3) is 6.02. The van der Waals surface area contributed by atoms with Crippen molar-refractivity contribution >= 4 is 11.8 Å². The van der Waals surface area contributed by atoms with Crippen LogP contribution in [-0.2, 0) is 6.42 Å². The van der Waals surface area contributed by atoms with E-state index in [2.05, 4.69) is 18.8 Å². The Morgan fingerprint density at radius 3 is 2.56 bits per heavy atom. The van der Waals surface area contributed by atoms with Crippen LogP contribution in [-0.4, -0.2) is 5.51 Å². The van der Waals surface area contributed by atoms with E-state index in [0.717, 1.165) is 19.3 Å². The Morgan fingerprint density at radius 2 is 1.89 bits per heavy atom. The average molecular weight is 272 g/mol. The molecule has 0 nitrogen and oxygen atoms in total. The second-order valence-corrected chi connectivity index (χ2v) is 4.90.